The third-order valence-electron chi connectivity index (χ3n) is 2.98. The fraction of sp³-hybridized carbons (Fsp3) is 0.533. The van der Waals surface area contributed by atoms with Crippen molar-refractivity contribution in [3.05, 3.63) is 35.4 Å². The van der Waals surface area contributed by atoms with Crippen LogP contribution in [0.1, 0.15) is 44.4 Å². The fourth-order valence-corrected chi connectivity index (χ4v) is 2.09. The minimum absolute atomic E-state index is 0.103. The van der Waals surface area contributed by atoms with Crippen LogP contribution < -0.4 is 5.32 Å². The first-order valence-electron chi connectivity index (χ1n) is 6.43. The number of nitrogens with zero attached hydrogens (tertiary/aromatic N) is 1. The van der Waals surface area contributed by atoms with Crippen LogP contribution in [0.2, 0.25) is 0 Å². The third-order valence-corrected chi connectivity index (χ3v) is 2.98. The molecule has 1 aromatic carbocycles. The Morgan fingerprint density at radius 3 is 2.61 bits per heavy atom. The lowest BCUT2D eigenvalue weighted by molar-refractivity contribution is 0.215. The van der Waals surface area contributed by atoms with Gasteiger partial charge in [0.15, 0.2) is 0 Å². The number of aliphatic hydroxyl groups excluding tert-OH is 1. The number of nitrogens with one attached hydrogen (secondary N) is 1. The highest BCUT2D eigenvalue weighted by atomic mass is 16.3. The standard InChI is InChI=1S/C15H22N2O/c1-11(2)7-15(10-18)17-12(3)14-6-4-5-13(8-14)9-16/h4-6,8,11-12,15,17-18H,7,10H2,1-3H3. The van der Waals surface area contributed by atoms with Crippen molar-refractivity contribution in [1.82, 2.24) is 5.32 Å². The van der Waals surface area contributed by atoms with Gasteiger partial charge in [-0.3, -0.25) is 0 Å². The minimum atomic E-state index is 0.103. The van der Waals surface area contributed by atoms with Gasteiger partial charge in [-0.2, -0.15) is 5.26 Å². The Balaban J connectivity index is 2.68. The molecular formula is C15H22N2O. The molecule has 0 saturated carbocycles. The second-order valence-corrected chi connectivity index (χ2v) is 5.13. The minimum Gasteiger partial charge on any atom is -0.395 e. The summed E-state index contributed by atoms with van der Waals surface area (Å²) in [4.78, 5) is 0. The molecule has 0 bridgehead atoms. The topological polar surface area (TPSA) is 56.0 Å². The monoisotopic (exact) mass is 246 g/mol. The third kappa shape index (κ3) is 4.48. The van der Waals surface area contributed by atoms with Crippen LogP contribution in [-0.4, -0.2) is 17.8 Å². The summed E-state index contributed by atoms with van der Waals surface area (Å²) in [5, 5.41) is 21.6. The molecule has 0 fully saturated rings. The molecule has 2 N–H and O–H groups in total. The highest BCUT2D eigenvalue weighted by Gasteiger charge is 2.14. The van der Waals surface area contributed by atoms with Gasteiger partial charge in [0.25, 0.3) is 0 Å². The van der Waals surface area contributed by atoms with Crippen molar-refractivity contribution in [1.29, 1.82) is 5.26 Å². The molecule has 0 saturated heterocycles. The maximum Gasteiger partial charge on any atom is 0.0991 e. The zero-order valence-corrected chi connectivity index (χ0v) is 11.4. The molecule has 0 aliphatic rings. The Labute approximate surface area is 109 Å². The lowest BCUT2D eigenvalue weighted by Gasteiger charge is -2.23. The van der Waals surface area contributed by atoms with Crippen LogP contribution in [-0.2, 0) is 0 Å². The maximum absolute atomic E-state index is 9.36. The second kappa shape index (κ2) is 7.15. The lowest BCUT2D eigenvalue weighted by atomic mass is 10.0. The summed E-state index contributed by atoms with van der Waals surface area (Å²) in [5.41, 5.74) is 1.75. The van der Waals surface area contributed by atoms with Gasteiger partial charge in [0.1, 0.15) is 0 Å². The molecule has 2 unspecified atom stereocenters. The molecule has 2 atom stereocenters. The van der Waals surface area contributed by atoms with Gasteiger partial charge in [0.05, 0.1) is 18.2 Å². The van der Waals surface area contributed by atoms with E-state index in [0.29, 0.717) is 11.5 Å². The van der Waals surface area contributed by atoms with Crippen LogP contribution in [0.15, 0.2) is 24.3 Å². The van der Waals surface area contributed by atoms with Gasteiger partial charge >= 0.3 is 0 Å². The summed E-state index contributed by atoms with van der Waals surface area (Å²) in [6.45, 7) is 6.48. The van der Waals surface area contributed by atoms with Gasteiger partial charge in [-0.05, 0) is 37.0 Å². The van der Waals surface area contributed by atoms with Crippen molar-refractivity contribution in [2.75, 3.05) is 6.61 Å². The van der Waals surface area contributed by atoms with Gasteiger partial charge in [-0.15, -0.1) is 0 Å². The molecular weight excluding hydrogens is 224 g/mol. The van der Waals surface area contributed by atoms with Crippen molar-refractivity contribution < 1.29 is 5.11 Å². The Hall–Kier alpha value is -1.37. The van der Waals surface area contributed by atoms with Crippen LogP contribution >= 0.6 is 0 Å². The molecule has 0 aliphatic heterocycles. The summed E-state index contributed by atoms with van der Waals surface area (Å²) in [5.74, 6) is 0.548. The van der Waals surface area contributed by atoms with E-state index in [1.807, 2.05) is 18.2 Å². The number of benzene rings is 1. The largest absolute Gasteiger partial charge is 0.395 e. The lowest BCUT2D eigenvalue weighted by Crippen LogP contribution is -2.35. The maximum atomic E-state index is 9.36. The van der Waals surface area contributed by atoms with Gasteiger partial charge < -0.3 is 10.4 Å². The Bertz CT molecular complexity index is 409. The number of rotatable bonds is 6. The average molecular weight is 246 g/mol. The molecule has 3 heteroatoms. The number of aliphatic hydroxyl groups is 1. The average Bonchev–Trinajstić information content (AvgIpc) is 2.37. The van der Waals surface area contributed by atoms with Gasteiger partial charge in [0.2, 0.25) is 0 Å². The van der Waals surface area contributed by atoms with E-state index in [2.05, 4.69) is 32.2 Å². The van der Waals surface area contributed by atoms with Crippen molar-refractivity contribution in [2.45, 2.75) is 39.3 Å². The van der Waals surface area contributed by atoms with E-state index in [1.54, 1.807) is 6.07 Å². The van der Waals surface area contributed by atoms with Gasteiger partial charge in [-0.25, -0.2) is 0 Å². The SMILES string of the molecule is CC(C)CC(CO)NC(C)c1cccc(C#N)c1. The van der Waals surface area contributed by atoms with E-state index in [-0.39, 0.29) is 18.7 Å². The summed E-state index contributed by atoms with van der Waals surface area (Å²) in [6, 6.07) is 9.96. The van der Waals surface area contributed by atoms with Crippen LogP contribution in [0.25, 0.3) is 0 Å². The first-order chi connectivity index (χ1) is 8.56. The molecule has 1 rings (SSSR count). The predicted octanol–water partition coefficient (Wildman–Crippen LogP) is 2.62. The Kier molecular flexibility index (Phi) is 5.84. The van der Waals surface area contributed by atoms with E-state index >= 15 is 0 Å². The van der Waals surface area contributed by atoms with E-state index in [1.165, 1.54) is 0 Å². The predicted molar refractivity (Wildman–Crippen MR) is 73.0 cm³/mol. The molecule has 0 radical (unpaired) electrons. The summed E-state index contributed by atoms with van der Waals surface area (Å²) >= 11 is 0. The molecule has 0 aromatic heterocycles. The smallest absolute Gasteiger partial charge is 0.0991 e. The van der Waals surface area contributed by atoms with Crippen molar-refractivity contribution in [3.8, 4) is 6.07 Å². The second-order valence-electron chi connectivity index (χ2n) is 5.13. The Morgan fingerprint density at radius 2 is 2.06 bits per heavy atom. The van der Waals surface area contributed by atoms with Crippen LogP contribution in [0, 0.1) is 17.2 Å². The van der Waals surface area contributed by atoms with Gasteiger partial charge in [-0.1, -0.05) is 26.0 Å². The van der Waals surface area contributed by atoms with Crippen LogP contribution in [0.4, 0.5) is 0 Å². The zero-order chi connectivity index (χ0) is 13.5. The number of nitriles is 1. The molecule has 98 valence electrons. The Morgan fingerprint density at radius 1 is 1.33 bits per heavy atom. The van der Waals surface area contributed by atoms with Crippen molar-refractivity contribution >= 4 is 0 Å². The van der Waals surface area contributed by atoms with Crippen molar-refractivity contribution in [3.63, 3.8) is 0 Å². The van der Waals surface area contributed by atoms with Crippen molar-refractivity contribution in [2.24, 2.45) is 5.92 Å². The fourth-order valence-electron chi connectivity index (χ4n) is 2.09. The van der Waals surface area contributed by atoms with Crippen LogP contribution in [0.5, 0.6) is 0 Å². The molecule has 0 amide bonds. The number of hydrogen-bond acceptors (Lipinski definition) is 3. The molecule has 1 aromatic rings. The molecule has 3 nitrogen and oxygen atoms in total. The normalized spacial score (nSPS) is 14.2. The van der Waals surface area contributed by atoms with E-state index in [4.69, 9.17) is 5.26 Å². The van der Waals surface area contributed by atoms with Crippen LogP contribution in [0.3, 0.4) is 0 Å². The quantitative estimate of drug-likeness (QED) is 0.811. The van der Waals surface area contributed by atoms with E-state index in [0.717, 1.165) is 12.0 Å². The highest BCUT2D eigenvalue weighted by molar-refractivity contribution is 5.34. The number of hydrogen-bond donors (Lipinski definition) is 2. The summed E-state index contributed by atoms with van der Waals surface area (Å²) < 4.78 is 0. The van der Waals surface area contributed by atoms with Gasteiger partial charge in [0, 0.05) is 12.1 Å². The highest BCUT2D eigenvalue weighted by Crippen LogP contribution is 2.16. The molecule has 0 aliphatic carbocycles. The first-order valence-corrected chi connectivity index (χ1v) is 6.43. The van der Waals surface area contributed by atoms with E-state index in [9.17, 15) is 5.11 Å². The van der Waals surface area contributed by atoms with E-state index < -0.39 is 0 Å². The molecule has 18 heavy (non-hydrogen) atoms. The summed E-state index contributed by atoms with van der Waals surface area (Å²) in [7, 11) is 0. The summed E-state index contributed by atoms with van der Waals surface area (Å²) in [6.07, 6.45) is 0.943. The molecule has 0 heterocycles. The molecule has 0 spiro atoms. The first kappa shape index (κ1) is 14.7. The zero-order valence-electron chi connectivity index (χ0n) is 11.4.